The van der Waals surface area contributed by atoms with Crippen molar-refractivity contribution in [3.05, 3.63) is 100 Å². The average Bonchev–Trinajstić information content (AvgIpc) is 3.12. The van der Waals surface area contributed by atoms with Gasteiger partial charge in [0.1, 0.15) is 5.76 Å². The summed E-state index contributed by atoms with van der Waals surface area (Å²) in [6.07, 6.45) is 0.500. The third-order valence-corrected chi connectivity index (χ3v) is 6.35. The molecule has 0 radical (unpaired) electrons. The van der Waals surface area contributed by atoms with Crippen LogP contribution in [-0.2, 0) is 16.0 Å². The first-order chi connectivity index (χ1) is 16.8. The number of methoxy groups -OCH3 is 2. The van der Waals surface area contributed by atoms with Gasteiger partial charge in [0.2, 0.25) is 0 Å². The number of likely N-dealkylation sites (tertiary alicyclic amines) is 1. The van der Waals surface area contributed by atoms with Crippen molar-refractivity contribution in [3.8, 4) is 11.5 Å². The van der Waals surface area contributed by atoms with Crippen LogP contribution in [0.15, 0.2) is 72.3 Å². The maximum atomic E-state index is 13.2. The maximum absolute atomic E-state index is 13.2. The van der Waals surface area contributed by atoms with Gasteiger partial charge in [-0.1, -0.05) is 65.7 Å². The number of Topliss-reactive ketones (excluding diaryl/α,β-unsaturated/α-hetero) is 1. The van der Waals surface area contributed by atoms with E-state index in [9.17, 15) is 14.7 Å². The number of carbonyl (C=O) groups excluding carboxylic acids is 2. The van der Waals surface area contributed by atoms with Crippen molar-refractivity contribution in [2.75, 3.05) is 20.8 Å². The molecule has 3 aromatic carbocycles. The Hall–Kier alpha value is -4.06. The zero-order chi connectivity index (χ0) is 25.1. The van der Waals surface area contributed by atoms with Crippen molar-refractivity contribution in [3.63, 3.8) is 0 Å². The number of hydrogen-bond donors (Lipinski definition) is 1. The highest BCUT2D eigenvalue weighted by Crippen LogP contribution is 2.39. The molecule has 1 aliphatic heterocycles. The quantitative estimate of drug-likeness (QED) is 0.299. The molecule has 1 N–H and O–H groups in total. The van der Waals surface area contributed by atoms with Crippen LogP contribution in [0.25, 0.3) is 5.76 Å². The van der Waals surface area contributed by atoms with E-state index in [0.717, 1.165) is 22.3 Å². The van der Waals surface area contributed by atoms with Crippen molar-refractivity contribution >= 4 is 17.4 Å². The highest BCUT2D eigenvalue weighted by molar-refractivity contribution is 6.46. The van der Waals surface area contributed by atoms with Gasteiger partial charge in [0.15, 0.2) is 11.5 Å². The molecule has 0 aromatic heterocycles. The highest BCUT2D eigenvalue weighted by Gasteiger charge is 2.45. The summed E-state index contributed by atoms with van der Waals surface area (Å²) in [5.74, 6) is -0.246. The lowest BCUT2D eigenvalue weighted by Crippen LogP contribution is -2.31. The summed E-state index contributed by atoms with van der Waals surface area (Å²) in [7, 11) is 3.15. The zero-order valence-corrected chi connectivity index (χ0v) is 20.4. The Morgan fingerprint density at radius 3 is 2.06 bits per heavy atom. The van der Waals surface area contributed by atoms with Crippen molar-refractivity contribution < 1.29 is 24.2 Å². The fraction of sp³-hybridized carbons (Fsp3) is 0.241. The predicted octanol–water partition coefficient (Wildman–Crippen LogP) is 4.99. The van der Waals surface area contributed by atoms with Gasteiger partial charge in [-0.15, -0.1) is 0 Å². The van der Waals surface area contributed by atoms with E-state index in [1.807, 2.05) is 68.4 Å². The number of nitrogens with zero attached hydrogens (tertiary/aromatic N) is 1. The van der Waals surface area contributed by atoms with Gasteiger partial charge in [0.05, 0.1) is 25.8 Å². The lowest BCUT2D eigenvalue weighted by Gasteiger charge is -2.25. The monoisotopic (exact) mass is 471 g/mol. The number of benzene rings is 3. The van der Waals surface area contributed by atoms with Crippen LogP contribution in [0.5, 0.6) is 11.5 Å². The number of rotatable bonds is 7. The van der Waals surface area contributed by atoms with Gasteiger partial charge in [0.25, 0.3) is 11.7 Å². The Kier molecular flexibility index (Phi) is 6.92. The Balaban J connectivity index is 1.73. The smallest absolute Gasteiger partial charge is 0.295 e. The molecule has 6 heteroatoms. The number of ketones is 1. The van der Waals surface area contributed by atoms with Gasteiger partial charge < -0.3 is 19.5 Å². The second-order valence-electron chi connectivity index (χ2n) is 8.71. The van der Waals surface area contributed by atoms with E-state index in [1.165, 1.54) is 0 Å². The molecule has 0 saturated carbocycles. The first kappa shape index (κ1) is 24.1. The van der Waals surface area contributed by atoms with Gasteiger partial charge in [-0.25, -0.2) is 0 Å². The topological polar surface area (TPSA) is 76.1 Å². The van der Waals surface area contributed by atoms with Crippen LogP contribution < -0.4 is 9.47 Å². The average molecular weight is 472 g/mol. The molecule has 1 aliphatic rings. The summed E-state index contributed by atoms with van der Waals surface area (Å²) in [5.41, 5.74) is 4.42. The third kappa shape index (κ3) is 4.78. The molecule has 180 valence electrons. The molecule has 1 amide bonds. The second kappa shape index (κ2) is 10.1. The van der Waals surface area contributed by atoms with Crippen LogP contribution in [0.2, 0.25) is 0 Å². The number of aryl methyl sites for hydroxylation is 2. The lowest BCUT2D eigenvalue weighted by molar-refractivity contribution is -0.139. The second-order valence-corrected chi connectivity index (χ2v) is 8.71. The fourth-order valence-electron chi connectivity index (χ4n) is 4.36. The van der Waals surface area contributed by atoms with Gasteiger partial charge in [-0.05, 0) is 43.5 Å². The van der Waals surface area contributed by atoms with Crippen molar-refractivity contribution in [1.29, 1.82) is 0 Å². The molecule has 0 spiro atoms. The van der Waals surface area contributed by atoms with Crippen LogP contribution in [0.4, 0.5) is 0 Å². The summed E-state index contributed by atoms with van der Waals surface area (Å²) in [5, 5.41) is 11.2. The van der Waals surface area contributed by atoms with Crippen LogP contribution in [-0.4, -0.2) is 42.5 Å². The number of aliphatic hydroxyl groups excluding tert-OH is 1. The molecule has 3 aromatic rings. The summed E-state index contributed by atoms with van der Waals surface area (Å²) in [6, 6.07) is 19.8. The van der Waals surface area contributed by atoms with E-state index in [1.54, 1.807) is 31.3 Å². The molecule has 1 fully saturated rings. The first-order valence-electron chi connectivity index (χ1n) is 11.5. The summed E-state index contributed by atoms with van der Waals surface area (Å²) >= 11 is 0. The number of aliphatic hydroxyl groups is 1. The van der Waals surface area contributed by atoms with Gasteiger partial charge in [-0.2, -0.15) is 0 Å². The molecule has 4 rings (SSSR count). The Bertz CT molecular complexity index is 1280. The molecule has 0 bridgehead atoms. The van der Waals surface area contributed by atoms with Crippen LogP contribution in [0, 0.1) is 13.8 Å². The lowest BCUT2D eigenvalue weighted by atomic mass is 9.94. The normalized spacial score (nSPS) is 17.0. The van der Waals surface area contributed by atoms with Gasteiger partial charge in [0, 0.05) is 12.1 Å². The molecular formula is C29H29NO5. The molecule has 0 aliphatic carbocycles. The maximum Gasteiger partial charge on any atom is 0.295 e. The largest absolute Gasteiger partial charge is 0.507 e. The molecule has 1 atom stereocenters. The zero-order valence-electron chi connectivity index (χ0n) is 20.4. The predicted molar refractivity (Wildman–Crippen MR) is 135 cm³/mol. The molecule has 1 saturated heterocycles. The molecule has 6 nitrogen and oxygen atoms in total. The van der Waals surface area contributed by atoms with E-state index in [0.29, 0.717) is 30.0 Å². The SMILES string of the molecule is COc1ccc(CCN2C(=O)C(=O)C(=C(O)c3ccc(C)cc3)[C@H]2c2ccc(C)cc2)cc1OC. The van der Waals surface area contributed by atoms with Gasteiger partial charge >= 0.3 is 0 Å². The fourth-order valence-corrected chi connectivity index (χ4v) is 4.36. The summed E-state index contributed by atoms with van der Waals surface area (Å²) in [4.78, 5) is 27.9. The Morgan fingerprint density at radius 2 is 1.46 bits per heavy atom. The minimum atomic E-state index is -0.683. The van der Waals surface area contributed by atoms with E-state index in [4.69, 9.17) is 9.47 Å². The summed E-state index contributed by atoms with van der Waals surface area (Å²) in [6.45, 7) is 4.22. The van der Waals surface area contributed by atoms with E-state index >= 15 is 0 Å². The molecule has 0 unspecified atom stereocenters. The van der Waals surface area contributed by atoms with Crippen LogP contribution in [0.3, 0.4) is 0 Å². The van der Waals surface area contributed by atoms with Gasteiger partial charge in [-0.3, -0.25) is 9.59 Å². The van der Waals surface area contributed by atoms with Crippen molar-refractivity contribution in [2.45, 2.75) is 26.3 Å². The number of carbonyl (C=O) groups is 2. The summed E-state index contributed by atoms with van der Waals surface area (Å²) < 4.78 is 10.7. The van der Waals surface area contributed by atoms with Crippen molar-refractivity contribution in [1.82, 2.24) is 4.90 Å². The number of hydrogen-bond acceptors (Lipinski definition) is 5. The number of ether oxygens (including phenoxy) is 2. The third-order valence-electron chi connectivity index (χ3n) is 6.35. The van der Waals surface area contributed by atoms with E-state index in [-0.39, 0.29) is 11.3 Å². The Morgan fingerprint density at radius 1 is 0.857 bits per heavy atom. The first-order valence-corrected chi connectivity index (χ1v) is 11.5. The van der Waals surface area contributed by atoms with Crippen molar-refractivity contribution in [2.24, 2.45) is 0 Å². The number of amides is 1. The van der Waals surface area contributed by atoms with Crippen LogP contribution in [0.1, 0.15) is 33.9 Å². The van der Waals surface area contributed by atoms with Crippen LogP contribution >= 0.6 is 0 Å². The molecular weight excluding hydrogens is 442 g/mol. The molecule has 1 heterocycles. The Labute approximate surface area is 205 Å². The van der Waals surface area contributed by atoms with E-state index in [2.05, 4.69) is 0 Å². The minimum Gasteiger partial charge on any atom is -0.507 e. The standard InChI is InChI=1S/C29H29NO5/c1-18-5-10-21(11-6-18)26-25(27(31)22-12-7-19(2)8-13-22)28(32)29(33)30(26)16-15-20-9-14-23(34-3)24(17-20)35-4/h5-14,17,26,31H,15-16H2,1-4H3/t26-/m1/s1. The highest BCUT2D eigenvalue weighted by atomic mass is 16.5. The minimum absolute atomic E-state index is 0.106. The van der Waals surface area contributed by atoms with E-state index < -0.39 is 17.7 Å². The molecule has 35 heavy (non-hydrogen) atoms.